The molecule has 5 nitrogen and oxygen atoms in total. The van der Waals surface area contributed by atoms with Crippen molar-refractivity contribution in [3.05, 3.63) is 41.6 Å². The molecule has 0 bridgehead atoms. The van der Waals surface area contributed by atoms with E-state index in [0.29, 0.717) is 0 Å². The molecular formula is C12H8F2N2O3. The second kappa shape index (κ2) is 4.97. The third kappa shape index (κ3) is 2.49. The molecule has 19 heavy (non-hydrogen) atoms. The first-order valence-corrected chi connectivity index (χ1v) is 5.13. The Morgan fingerprint density at radius 3 is 2.47 bits per heavy atom. The molecule has 0 aliphatic rings. The first-order chi connectivity index (χ1) is 9.02. The predicted octanol–water partition coefficient (Wildman–Crippen LogP) is 2.13. The highest BCUT2D eigenvalue weighted by Gasteiger charge is 2.14. The zero-order chi connectivity index (χ0) is 14.0. The Kier molecular flexibility index (Phi) is 3.37. The van der Waals surface area contributed by atoms with Crippen molar-refractivity contribution in [2.45, 2.75) is 0 Å². The highest BCUT2D eigenvalue weighted by molar-refractivity contribution is 5.85. The molecule has 0 saturated carbocycles. The van der Waals surface area contributed by atoms with Gasteiger partial charge in [0.1, 0.15) is 5.82 Å². The normalized spacial score (nSPS) is 10.3. The van der Waals surface area contributed by atoms with Gasteiger partial charge in [0.15, 0.2) is 17.3 Å². The van der Waals surface area contributed by atoms with Crippen molar-refractivity contribution in [2.75, 3.05) is 7.11 Å². The summed E-state index contributed by atoms with van der Waals surface area (Å²) in [6.45, 7) is 0. The zero-order valence-electron chi connectivity index (χ0n) is 9.72. The SMILES string of the molecule is COc1cc(F)c(-c2ccc(C(=O)O)nn2)cc1F. The van der Waals surface area contributed by atoms with Crippen LogP contribution in [0.4, 0.5) is 8.78 Å². The maximum absolute atomic E-state index is 13.7. The Hall–Kier alpha value is -2.57. The molecule has 1 heterocycles. The van der Waals surface area contributed by atoms with Crippen molar-refractivity contribution in [1.29, 1.82) is 0 Å². The molecule has 0 unspecified atom stereocenters. The van der Waals surface area contributed by atoms with Crippen LogP contribution in [0.3, 0.4) is 0 Å². The van der Waals surface area contributed by atoms with Crippen LogP contribution in [0.1, 0.15) is 10.5 Å². The summed E-state index contributed by atoms with van der Waals surface area (Å²) in [7, 11) is 1.22. The van der Waals surface area contributed by atoms with Crippen molar-refractivity contribution >= 4 is 5.97 Å². The quantitative estimate of drug-likeness (QED) is 0.921. The smallest absolute Gasteiger partial charge is 0.356 e. The lowest BCUT2D eigenvalue weighted by Gasteiger charge is -2.06. The van der Waals surface area contributed by atoms with Crippen LogP contribution < -0.4 is 4.74 Å². The Labute approximate surface area is 106 Å². The van der Waals surface area contributed by atoms with E-state index >= 15 is 0 Å². The number of carbonyl (C=O) groups is 1. The predicted molar refractivity (Wildman–Crippen MR) is 60.9 cm³/mol. The Balaban J connectivity index is 2.47. The number of nitrogens with zero attached hydrogens (tertiary/aromatic N) is 2. The number of rotatable bonds is 3. The molecule has 0 saturated heterocycles. The van der Waals surface area contributed by atoms with Gasteiger partial charge in [-0.3, -0.25) is 0 Å². The summed E-state index contributed by atoms with van der Waals surface area (Å²) in [6, 6.07) is 4.21. The number of aromatic carboxylic acids is 1. The van der Waals surface area contributed by atoms with Crippen molar-refractivity contribution in [2.24, 2.45) is 0 Å². The lowest BCUT2D eigenvalue weighted by molar-refractivity contribution is 0.0689. The highest BCUT2D eigenvalue weighted by Crippen LogP contribution is 2.27. The molecular weight excluding hydrogens is 258 g/mol. The Morgan fingerprint density at radius 2 is 1.95 bits per heavy atom. The lowest BCUT2D eigenvalue weighted by Crippen LogP contribution is -2.02. The summed E-state index contributed by atoms with van der Waals surface area (Å²) in [5.74, 6) is -2.96. The average Bonchev–Trinajstić information content (AvgIpc) is 2.41. The second-order valence-electron chi connectivity index (χ2n) is 3.58. The summed E-state index contributed by atoms with van der Waals surface area (Å²) in [4.78, 5) is 10.6. The molecule has 98 valence electrons. The van der Waals surface area contributed by atoms with E-state index in [9.17, 15) is 13.6 Å². The molecule has 0 fully saturated rings. The number of benzene rings is 1. The van der Waals surface area contributed by atoms with Gasteiger partial charge in [-0.05, 0) is 18.2 Å². The van der Waals surface area contributed by atoms with Crippen molar-refractivity contribution in [3.8, 4) is 17.0 Å². The zero-order valence-corrected chi connectivity index (χ0v) is 9.72. The molecule has 0 aliphatic heterocycles. The molecule has 0 spiro atoms. The summed E-state index contributed by atoms with van der Waals surface area (Å²) in [5.41, 5.74) is -0.370. The van der Waals surface area contributed by atoms with Gasteiger partial charge in [0, 0.05) is 11.6 Å². The van der Waals surface area contributed by atoms with Crippen LogP contribution in [0.25, 0.3) is 11.3 Å². The lowest BCUT2D eigenvalue weighted by atomic mass is 10.1. The Morgan fingerprint density at radius 1 is 1.21 bits per heavy atom. The standard InChI is InChI=1S/C12H8F2N2O3/c1-19-11-5-7(13)6(4-8(11)14)9-2-3-10(12(17)18)16-15-9/h2-5H,1H3,(H,17,18). The summed E-state index contributed by atoms with van der Waals surface area (Å²) in [5, 5.41) is 15.6. The van der Waals surface area contributed by atoms with E-state index in [0.717, 1.165) is 18.2 Å². The minimum absolute atomic E-state index is 0.0315. The minimum atomic E-state index is -1.25. The van der Waals surface area contributed by atoms with Crippen LogP contribution in [0, 0.1) is 11.6 Å². The third-order valence-corrected chi connectivity index (χ3v) is 2.40. The topological polar surface area (TPSA) is 72.3 Å². The molecule has 7 heteroatoms. The van der Waals surface area contributed by atoms with E-state index in [1.54, 1.807) is 0 Å². The maximum Gasteiger partial charge on any atom is 0.356 e. The van der Waals surface area contributed by atoms with Gasteiger partial charge >= 0.3 is 5.97 Å². The second-order valence-corrected chi connectivity index (χ2v) is 3.58. The molecule has 1 aromatic carbocycles. The van der Waals surface area contributed by atoms with Crippen LogP contribution in [-0.2, 0) is 0 Å². The fraction of sp³-hybridized carbons (Fsp3) is 0.0833. The molecule has 0 atom stereocenters. The third-order valence-electron chi connectivity index (χ3n) is 2.40. The van der Waals surface area contributed by atoms with Crippen molar-refractivity contribution in [1.82, 2.24) is 10.2 Å². The van der Waals surface area contributed by atoms with Crippen LogP contribution in [0.2, 0.25) is 0 Å². The van der Waals surface area contributed by atoms with Gasteiger partial charge in [-0.15, -0.1) is 10.2 Å². The maximum atomic E-state index is 13.7. The van der Waals surface area contributed by atoms with Crippen molar-refractivity contribution < 1.29 is 23.4 Å². The van der Waals surface area contributed by atoms with Gasteiger partial charge in [-0.25, -0.2) is 13.6 Å². The van der Waals surface area contributed by atoms with Crippen LogP contribution in [0.15, 0.2) is 24.3 Å². The molecule has 1 aromatic heterocycles. The number of halogens is 2. The van der Waals surface area contributed by atoms with E-state index in [1.165, 1.54) is 13.2 Å². The fourth-order valence-corrected chi connectivity index (χ4v) is 1.47. The van der Waals surface area contributed by atoms with E-state index in [-0.39, 0.29) is 22.7 Å². The van der Waals surface area contributed by atoms with E-state index in [1.807, 2.05) is 0 Å². The van der Waals surface area contributed by atoms with Gasteiger partial charge in [-0.1, -0.05) is 0 Å². The number of hydrogen-bond donors (Lipinski definition) is 1. The van der Waals surface area contributed by atoms with E-state index in [4.69, 9.17) is 5.11 Å². The average molecular weight is 266 g/mol. The van der Waals surface area contributed by atoms with Gasteiger partial charge in [0.2, 0.25) is 0 Å². The monoisotopic (exact) mass is 266 g/mol. The Bertz CT molecular complexity index is 630. The molecule has 0 aliphatic carbocycles. The van der Waals surface area contributed by atoms with Gasteiger partial charge in [0.05, 0.1) is 12.8 Å². The molecule has 2 rings (SSSR count). The number of aromatic nitrogens is 2. The number of hydrogen-bond acceptors (Lipinski definition) is 4. The summed E-state index contributed by atoms with van der Waals surface area (Å²) >= 11 is 0. The van der Waals surface area contributed by atoms with Gasteiger partial charge in [0.25, 0.3) is 0 Å². The van der Waals surface area contributed by atoms with E-state index in [2.05, 4.69) is 14.9 Å². The minimum Gasteiger partial charge on any atom is -0.494 e. The first kappa shape index (κ1) is 12.9. The van der Waals surface area contributed by atoms with Crippen molar-refractivity contribution in [3.63, 3.8) is 0 Å². The van der Waals surface area contributed by atoms with Gasteiger partial charge < -0.3 is 9.84 Å². The van der Waals surface area contributed by atoms with Crippen LogP contribution in [0.5, 0.6) is 5.75 Å². The number of carboxylic acid groups (broad SMARTS) is 1. The number of carboxylic acids is 1. The van der Waals surface area contributed by atoms with E-state index < -0.39 is 17.6 Å². The first-order valence-electron chi connectivity index (χ1n) is 5.13. The number of ether oxygens (including phenoxy) is 1. The summed E-state index contributed by atoms with van der Waals surface area (Å²) in [6.07, 6.45) is 0. The number of methoxy groups -OCH3 is 1. The van der Waals surface area contributed by atoms with Gasteiger partial charge in [-0.2, -0.15) is 0 Å². The highest BCUT2D eigenvalue weighted by atomic mass is 19.1. The largest absolute Gasteiger partial charge is 0.494 e. The van der Waals surface area contributed by atoms with Crippen LogP contribution in [-0.4, -0.2) is 28.4 Å². The molecule has 0 amide bonds. The summed E-state index contributed by atoms with van der Waals surface area (Å²) < 4.78 is 31.9. The molecule has 1 N–H and O–H groups in total. The fourth-order valence-electron chi connectivity index (χ4n) is 1.47. The van der Waals surface area contributed by atoms with Crippen LogP contribution >= 0.6 is 0 Å². The molecule has 0 radical (unpaired) electrons. The molecule has 2 aromatic rings.